The van der Waals surface area contributed by atoms with Crippen LogP contribution in [0.3, 0.4) is 0 Å². The van der Waals surface area contributed by atoms with E-state index in [9.17, 15) is 18.0 Å². The van der Waals surface area contributed by atoms with E-state index in [0.717, 1.165) is 13.8 Å². The molecule has 0 heterocycles. The first kappa shape index (κ1) is 15.1. The summed E-state index contributed by atoms with van der Waals surface area (Å²) < 4.78 is 24.1. The third-order valence-electron chi connectivity index (χ3n) is 2.55. The minimum Gasteiger partial charge on any atom is -0.298 e. The fraction of sp³-hybridized carbons (Fsp3) is 0.308. The summed E-state index contributed by atoms with van der Waals surface area (Å²) in [4.78, 5) is 22.6. The van der Waals surface area contributed by atoms with Gasteiger partial charge in [-0.3, -0.25) is 9.59 Å². The Bertz CT molecular complexity index is 624. The molecule has 0 amide bonds. The van der Waals surface area contributed by atoms with Crippen molar-refractivity contribution in [2.45, 2.75) is 24.9 Å². The third-order valence-corrected chi connectivity index (χ3v) is 4.67. The van der Waals surface area contributed by atoms with Crippen molar-refractivity contribution >= 4 is 21.4 Å². The highest BCUT2D eigenvalue weighted by atomic mass is 32.2. The van der Waals surface area contributed by atoms with Crippen molar-refractivity contribution < 1.29 is 18.0 Å². The van der Waals surface area contributed by atoms with Gasteiger partial charge in [0, 0.05) is 0 Å². The molecule has 0 unspecified atom stereocenters. The topological polar surface area (TPSA) is 92.1 Å². The highest BCUT2D eigenvalue weighted by molar-refractivity contribution is 7.92. The Kier molecular flexibility index (Phi) is 4.57. The van der Waals surface area contributed by atoms with Crippen molar-refractivity contribution in [1.82, 2.24) is 0 Å². The van der Waals surface area contributed by atoms with Crippen LogP contribution in [0.1, 0.15) is 25.0 Å². The van der Waals surface area contributed by atoms with Crippen molar-refractivity contribution in [2.75, 3.05) is 0 Å². The van der Waals surface area contributed by atoms with E-state index in [4.69, 9.17) is 5.26 Å². The molecule has 0 radical (unpaired) electrons. The molecule has 0 aliphatic rings. The van der Waals surface area contributed by atoms with Crippen LogP contribution in [-0.2, 0) is 25.2 Å². The van der Waals surface area contributed by atoms with Crippen molar-refractivity contribution in [3.63, 3.8) is 0 Å². The van der Waals surface area contributed by atoms with E-state index < -0.39 is 32.4 Å². The zero-order chi connectivity index (χ0) is 14.6. The second kappa shape index (κ2) is 5.76. The number of sulfone groups is 1. The van der Waals surface area contributed by atoms with Gasteiger partial charge in [0.1, 0.15) is 0 Å². The van der Waals surface area contributed by atoms with Gasteiger partial charge in [0.2, 0.25) is 0 Å². The molecule has 0 N–H and O–H groups in total. The summed E-state index contributed by atoms with van der Waals surface area (Å²) in [5, 5.41) is 7.03. The van der Waals surface area contributed by atoms with Crippen LogP contribution in [0.5, 0.6) is 0 Å². The number of rotatable bonds is 5. The number of nitriles is 1. The van der Waals surface area contributed by atoms with Crippen molar-refractivity contribution in [3.8, 4) is 6.07 Å². The lowest BCUT2D eigenvalue weighted by molar-refractivity contribution is -0.124. The van der Waals surface area contributed by atoms with Crippen LogP contribution in [0, 0.1) is 11.3 Å². The van der Waals surface area contributed by atoms with Gasteiger partial charge in [-0.05, 0) is 31.5 Å². The lowest BCUT2D eigenvalue weighted by atomic mass is 10.2. The van der Waals surface area contributed by atoms with Gasteiger partial charge in [-0.25, -0.2) is 8.42 Å². The monoisotopic (exact) mass is 279 g/mol. The van der Waals surface area contributed by atoms with Crippen LogP contribution in [0.25, 0.3) is 0 Å². The first-order valence-electron chi connectivity index (χ1n) is 5.49. The molecular weight excluding hydrogens is 266 g/mol. The fourth-order valence-electron chi connectivity index (χ4n) is 1.78. The number of benzene rings is 1. The zero-order valence-corrected chi connectivity index (χ0v) is 11.4. The normalized spacial score (nSPS) is 11.1. The molecule has 0 aromatic heterocycles. The minimum atomic E-state index is -3.88. The number of nitrogens with zero attached hydrogens (tertiary/aromatic N) is 1. The van der Waals surface area contributed by atoms with Gasteiger partial charge in [-0.15, -0.1) is 0 Å². The van der Waals surface area contributed by atoms with Crippen LogP contribution >= 0.6 is 0 Å². The second-order valence-electron chi connectivity index (χ2n) is 4.22. The Hall–Kier alpha value is -2.00. The molecule has 0 spiro atoms. The molecule has 0 atom stereocenters. The number of Topliss-reactive ketones (excluding diaryl/α,β-unsaturated/α-hetero) is 2. The van der Waals surface area contributed by atoms with Crippen LogP contribution in [0.2, 0.25) is 0 Å². The summed E-state index contributed by atoms with van der Waals surface area (Å²) in [5.74, 6) is -1.76. The van der Waals surface area contributed by atoms with Crippen LogP contribution in [0.4, 0.5) is 0 Å². The lowest BCUT2D eigenvalue weighted by Gasteiger charge is -2.11. The standard InChI is InChI=1S/C13H13NO4S/c1-9(15)13(10(2)16)19(17,18)8-12-5-3-11(7-14)4-6-12/h3-6,13H,8H2,1-2H3. The number of hydrogen-bond acceptors (Lipinski definition) is 5. The third kappa shape index (κ3) is 3.73. The summed E-state index contributed by atoms with van der Waals surface area (Å²) >= 11 is 0. The van der Waals surface area contributed by atoms with Crippen molar-refractivity contribution in [2.24, 2.45) is 0 Å². The van der Waals surface area contributed by atoms with E-state index in [1.165, 1.54) is 24.3 Å². The largest absolute Gasteiger partial charge is 0.298 e. The van der Waals surface area contributed by atoms with Crippen LogP contribution < -0.4 is 0 Å². The maximum absolute atomic E-state index is 12.0. The molecule has 1 aromatic rings. The van der Waals surface area contributed by atoms with Crippen LogP contribution in [0.15, 0.2) is 24.3 Å². The van der Waals surface area contributed by atoms with Gasteiger partial charge in [0.15, 0.2) is 26.7 Å². The molecular formula is C13H13NO4S. The Morgan fingerprint density at radius 2 is 1.63 bits per heavy atom. The van der Waals surface area contributed by atoms with E-state index in [-0.39, 0.29) is 0 Å². The zero-order valence-electron chi connectivity index (χ0n) is 10.6. The van der Waals surface area contributed by atoms with E-state index in [1.54, 1.807) is 0 Å². The quantitative estimate of drug-likeness (QED) is 0.750. The van der Waals surface area contributed by atoms with Crippen molar-refractivity contribution in [3.05, 3.63) is 35.4 Å². The molecule has 6 heteroatoms. The van der Waals surface area contributed by atoms with E-state index in [1.807, 2.05) is 6.07 Å². The maximum Gasteiger partial charge on any atom is 0.177 e. The number of carbonyl (C=O) groups is 2. The lowest BCUT2D eigenvalue weighted by Crippen LogP contribution is -2.35. The van der Waals surface area contributed by atoms with Gasteiger partial charge >= 0.3 is 0 Å². The van der Waals surface area contributed by atoms with Crippen molar-refractivity contribution in [1.29, 1.82) is 5.26 Å². The number of hydrogen-bond donors (Lipinski definition) is 0. The summed E-state index contributed by atoms with van der Waals surface area (Å²) in [5.41, 5.74) is 0.849. The van der Waals surface area contributed by atoms with Gasteiger partial charge in [-0.2, -0.15) is 5.26 Å². The molecule has 0 saturated heterocycles. The highest BCUT2D eigenvalue weighted by Gasteiger charge is 2.33. The molecule has 0 aliphatic heterocycles. The van der Waals surface area contributed by atoms with Gasteiger partial charge in [-0.1, -0.05) is 12.1 Å². The fourth-order valence-corrected chi connectivity index (χ4v) is 3.62. The highest BCUT2D eigenvalue weighted by Crippen LogP contribution is 2.14. The minimum absolute atomic E-state index is 0.400. The summed E-state index contributed by atoms with van der Waals surface area (Å²) in [6, 6.07) is 7.88. The smallest absolute Gasteiger partial charge is 0.177 e. The number of ketones is 2. The molecule has 0 saturated carbocycles. The first-order chi connectivity index (χ1) is 8.77. The molecule has 5 nitrogen and oxygen atoms in total. The molecule has 0 bridgehead atoms. The molecule has 0 aliphatic carbocycles. The molecule has 0 fully saturated rings. The van der Waals surface area contributed by atoms with E-state index in [0.29, 0.717) is 11.1 Å². The van der Waals surface area contributed by atoms with Gasteiger partial charge < -0.3 is 0 Å². The SMILES string of the molecule is CC(=O)C(C(C)=O)S(=O)(=O)Cc1ccc(C#N)cc1. The second-order valence-corrected chi connectivity index (χ2v) is 6.30. The van der Waals surface area contributed by atoms with E-state index in [2.05, 4.69) is 0 Å². The Morgan fingerprint density at radius 3 is 2.00 bits per heavy atom. The molecule has 1 aromatic carbocycles. The van der Waals surface area contributed by atoms with Gasteiger partial charge in [0.05, 0.1) is 17.4 Å². The predicted octanol–water partition coefficient (Wildman–Crippen LogP) is 1.02. The van der Waals surface area contributed by atoms with Crippen LogP contribution in [-0.4, -0.2) is 25.2 Å². The molecule has 19 heavy (non-hydrogen) atoms. The van der Waals surface area contributed by atoms with E-state index >= 15 is 0 Å². The Balaban J connectivity index is 3.04. The number of carbonyl (C=O) groups excluding carboxylic acids is 2. The maximum atomic E-state index is 12.0. The van der Waals surface area contributed by atoms with Gasteiger partial charge in [0.25, 0.3) is 0 Å². The summed E-state index contributed by atoms with van der Waals surface area (Å²) in [7, 11) is -3.88. The predicted molar refractivity (Wildman–Crippen MR) is 68.9 cm³/mol. The average Bonchev–Trinajstić information content (AvgIpc) is 2.27. The first-order valence-corrected chi connectivity index (χ1v) is 7.21. The summed E-state index contributed by atoms with van der Waals surface area (Å²) in [6.45, 7) is 2.17. The Labute approximate surface area is 111 Å². The Morgan fingerprint density at radius 1 is 1.16 bits per heavy atom. The average molecular weight is 279 g/mol. The molecule has 1 rings (SSSR count). The summed E-state index contributed by atoms with van der Waals surface area (Å²) in [6.07, 6.45) is 0. The molecule has 100 valence electrons.